The van der Waals surface area contributed by atoms with Crippen molar-refractivity contribution >= 4 is 11.5 Å². The maximum atomic E-state index is 13.2. The molecule has 1 atom stereocenters. The van der Waals surface area contributed by atoms with E-state index < -0.39 is 41.5 Å². The zero-order valence-corrected chi connectivity index (χ0v) is 18.0. The lowest BCUT2D eigenvalue weighted by Gasteiger charge is -2.28. The van der Waals surface area contributed by atoms with Crippen molar-refractivity contribution in [3.05, 3.63) is 107 Å². The van der Waals surface area contributed by atoms with E-state index in [1.54, 1.807) is 54.7 Å². The second-order valence-electron chi connectivity index (χ2n) is 8.00. The van der Waals surface area contributed by atoms with Gasteiger partial charge >= 0.3 is 12.4 Å². The van der Waals surface area contributed by atoms with Gasteiger partial charge in [0.15, 0.2) is 0 Å². The van der Waals surface area contributed by atoms with Gasteiger partial charge in [0.05, 0.1) is 24.3 Å². The van der Waals surface area contributed by atoms with Crippen LogP contribution in [0.5, 0.6) is 0 Å². The van der Waals surface area contributed by atoms with Gasteiger partial charge in [0.1, 0.15) is 5.54 Å². The van der Waals surface area contributed by atoms with E-state index in [1.165, 1.54) is 6.20 Å². The average molecular weight is 492 g/mol. The third kappa shape index (κ3) is 5.37. The van der Waals surface area contributed by atoms with Gasteiger partial charge in [0.2, 0.25) is 0 Å². The number of ether oxygens (including phenoxy) is 1. The van der Waals surface area contributed by atoms with Gasteiger partial charge in [-0.15, -0.1) is 0 Å². The Morgan fingerprint density at radius 2 is 1.54 bits per heavy atom. The number of rotatable bonds is 6. The first-order chi connectivity index (χ1) is 16.5. The summed E-state index contributed by atoms with van der Waals surface area (Å²) in [5.74, 6) is -0.413. The van der Waals surface area contributed by atoms with Crippen molar-refractivity contribution in [2.45, 2.75) is 24.5 Å². The topological polar surface area (TPSA) is 51.2 Å². The SMILES string of the molecule is O=C1N[C@](COCc2cc(C(F)(F)F)cc(C(F)(F)F)c2)(c2ccccc2)C=C1c1cccnc1. The molecule has 10 heteroatoms. The summed E-state index contributed by atoms with van der Waals surface area (Å²) in [5.41, 5.74) is -2.81. The molecule has 1 aliphatic heterocycles. The molecule has 0 bridgehead atoms. The molecule has 0 saturated carbocycles. The van der Waals surface area contributed by atoms with Crippen LogP contribution in [0.4, 0.5) is 26.3 Å². The highest BCUT2D eigenvalue weighted by Gasteiger charge is 2.40. The van der Waals surface area contributed by atoms with E-state index in [0.29, 0.717) is 28.8 Å². The molecular formula is C25H18F6N2O2. The zero-order chi connectivity index (χ0) is 25.3. The summed E-state index contributed by atoms with van der Waals surface area (Å²) in [5, 5.41) is 2.85. The maximum absolute atomic E-state index is 13.2. The van der Waals surface area contributed by atoms with Gasteiger partial charge in [0.25, 0.3) is 5.91 Å². The van der Waals surface area contributed by atoms with Gasteiger partial charge in [0, 0.05) is 23.5 Å². The number of nitrogens with zero attached hydrogens (tertiary/aromatic N) is 1. The number of aromatic nitrogens is 1. The molecule has 1 amide bonds. The first-order valence-electron chi connectivity index (χ1n) is 10.4. The highest BCUT2D eigenvalue weighted by atomic mass is 19.4. The van der Waals surface area contributed by atoms with Gasteiger partial charge in [-0.05, 0) is 41.5 Å². The molecule has 0 spiro atoms. The van der Waals surface area contributed by atoms with Crippen LogP contribution in [-0.2, 0) is 34.0 Å². The number of alkyl halides is 6. The van der Waals surface area contributed by atoms with Crippen LogP contribution in [0, 0.1) is 0 Å². The molecule has 2 aromatic carbocycles. The van der Waals surface area contributed by atoms with Crippen LogP contribution >= 0.6 is 0 Å². The Hall–Kier alpha value is -3.66. The summed E-state index contributed by atoms with van der Waals surface area (Å²) in [6.45, 7) is -0.766. The molecule has 182 valence electrons. The summed E-state index contributed by atoms with van der Waals surface area (Å²) >= 11 is 0. The summed E-state index contributed by atoms with van der Waals surface area (Å²) < 4.78 is 84.6. The summed E-state index contributed by atoms with van der Waals surface area (Å²) in [6, 6.07) is 13.4. The highest BCUT2D eigenvalue weighted by Crippen LogP contribution is 2.37. The molecule has 0 saturated heterocycles. The van der Waals surface area contributed by atoms with Crippen molar-refractivity contribution in [1.82, 2.24) is 10.3 Å². The predicted octanol–water partition coefficient (Wildman–Crippen LogP) is 5.74. The summed E-state index contributed by atoms with van der Waals surface area (Å²) in [6.07, 6.45) is -5.22. The van der Waals surface area contributed by atoms with Gasteiger partial charge in [-0.25, -0.2) is 0 Å². The molecule has 0 radical (unpaired) electrons. The molecule has 1 aromatic heterocycles. The first kappa shape index (κ1) is 24.5. The molecule has 0 fully saturated rings. The van der Waals surface area contributed by atoms with Crippen molar-refractivity contribution in [2.75, 3.05) is 6.61 Å². The molecule has 2 heterocycles. The smallest absolute Gasteiger partial charge is 0.374 e. The predicted molar refractivity (Wildman–Crippen MR) is 115 cm³/mol. The Morgan fingerprint density at radius 1 is 0.886 bits per heavy atom. The van der Waals surface area contributed by atoms with Crippen molar-refractivity contribution in [2.24, 2.45) is 0 Å². The van der Waals surface area contributed by atoms with E-state index in [9.17, 15) is 31.1 Å². The maximum Gasteiger partial charge on any atom is 0.416 e. The highest BCUT2D eigenvalue weighted by molar-refractivity contribution is 6.22. The molecule has 3 aromatic rings. The molecule has 35 heavy (non-hydrogen) atoms. The number of hydrogen-bond acceptors (Lipinski definition) is 3. The Morgan fingerprint density at radius 3 is 2.11 bits per heavy atom. The Balaban J connectivity index is 1.64. The number of carbonyl (C=O) groups is 1. The van der Waals surface area contributed by atoms with Crippen LogP contribution < -0.4 is 5.32 Å². The van der Waals surface area contributed by atoms with Crippen LogP contribution in [0.15, 0.2) is 79.1 Å². The summed E-state index contributed by atoms with van der Waals surface area (Å²) in [7, 11) is 0. The number of amides is 1. The number of carbonyl (C=O) groups excluding carboxylic acids is 1. The summed E-state index contributed by atoms with van der Waals surface area (Å²) in [4.78, 5) is 16.8. The Labute approximate surface area is 196 Å². The van der Waals surface area contributed by atoms with Crippen molar-refractivity contribution in [1.29, 1.82) is 0 Å². The fourth-order valence-electron chi connectivity index (χ4n) is 3.84. The number of hydrogen-bond donors (Lipinski definition) is 1. The van der Waals surface area contributed by atoms with Crippen LogP contribution in [0.1, 0.15) is 27.8 Å². The largest absolute Gasteiger partial charge is 0.416 e. The molecule has 0 aliphatic carbocycles. The lowest BCUT2D eigenvalue weighted by molar-refractivity contribution is -0.143. The minimum absolute atomic E-state index is 0.0645. The van der Waals surface area contributed by atoms with Crippen LogP contribution in [0.3, 0.4) is 0 Å². The number of benzene rings is 2. The van der Waals surface area contributed by atoms with Crippen LogP contribution in [0.25, 0.3) is 5.57 Å². The van der Waals surface area contributed by atoms with E-state index in [4.69, 9.17) is 4.74 Å². The van der Waals surface area contributed by atoms with Gasteiger partial charge in [-0.3, -0.25) is 9.78 Å². The van der Waals surface area contributed by atoms with E-state index in [0.717, 1.165) is 0 Å². The van der Waals surface area contributed by atoms with Crippen LogP contribution in [0.2, 0.25) is 0 Å². The van der Waals surface area contributed by atoms with E-state index in [1.807, 2.05) is 0 Å². The number of nitrogens with one attached hydrogen (secondary N) is 1. The van der Waals surface area contributed by atoms with Gasteiger partial charge in [-0.1, -0.05) is 36.4 Å². The fourth-order valence-corrected chi connectivity index (χ4v) is 3.84. The van der Waals surface area contributed by atoms with Crippen molar-refractivity contribution < 1.29 is 35.9 Å². The minimum Gasteiger partial charge on any atom is -0.374 e. The lowest BCUT2D eigenvalue weighted by Crippen LogP contribution is -2.43. The molecule has 4 nitrogen and oxygen atoms in total. The van der Waals surface area contributed by atoms with E-state index >= 15 is 0 Å². The molecule has 4 rings (SSSR count). The Bertz CT molecular complexity index is 1210. The third-order valence-electron chi connectivity index (χ3n) is 5.48. The zero-order valence-electron chi connectivity index (χ0n) is 18.0. The van der Waals surface area contributed by atoms with Crippen LogP contribution in [-0.4, -0.2) is 17.5 Å². The fraction of sp³-hybridized carbons (Fsp3) is 0.200. The lowest BCUT2D eigenvalue weighted by atomic mass is 9.90. The number of halogens is 6. The van der Waals surface area contributed by atoms with Crippen molar-refractivity contribution in [3.63, 3.8) is 0 Å². The quantitative estimate of drug-likeness (QED) is 0.447. The van der Waals surface area contributed by atoms with E-state index in [-0.39, 0.29) is 18.2 Å². The molecule has 1 N–H and O–H groups in total. The minimum atomic E-state index is -4.96. The standard InChI is InChI=1S/C25H18F6N2O2/c26-24(27,28)19-9-16(10-20(11-19)25(29,30)31)14-35-15-23(18-6-2-1-3-7-18)12-21(22(34)33-23)17-5-4-8-32-13-17/h1-13H,14-15H2,(H,33,34)/t23-/m1/s1. The normalized spacial score (nSPS) is 18.3. The Kier molecular flexibility index (Phi) is 6.42. The number of pyridine rings is 1. The second-order valence-corrected chi connectivity index (χ2v) is 8.00. The van der Waals surface area contributed by atoms with E-state index in [2.05, 4.69) is 10.3 Å². The third-order valence-corrected chi connectivity index (χ3v) is 5.48. The first-order valence-corrected chi connectivity index (χ1v) is 10.4. The molecule has 0 unspecified atom stereocenters. The molecule has 1 aliphatic rings. The van der Waals surface area contributed by atoms with Gasteiger partial charge in [-0.2, -0.15) is 26.3 Å². The molecular weight excluding hydrogens is 474 g/mol. The van der Waals surface area contributed by atoms with Gasteiger partial charge < -0.3 is 10.1 Å². The monoisotopic (exact) mass is 492 g/mol. The second kappa shape index (κ2) is 9.18. The van der Waals surface area contributed by atoms with Crippen molar-refractivity contribution in [3.8, 4) is 0 Å². The average Bonchev–Trinajstić information content (AvgIpc) is 3.16.